The Kier molecular flexibility index (Phi) is 16.0. The van der Waals surface area contributed by atoms with Crippen LogP contribution < -0.4 is 33.2 Å². The second-order valence-corrected chi connectivity index (χ2v) is 11.2. The predicted octanol–water partition coefficient (Wildman–Crippen LogP) is -0.831. The molecule has 0 aromatic carbocycles. The zero-order valence-corrected chi connectivity index (χ0v) is 23.1. The summed E-state index contributed by atoms with van der Waals surface area (Å²) in [6.07, 6.45) is 1.29. The van der Waals surface area contributed by atoms with Gasteiger partial charge in [-0.2, -0.15) is 0 Å². The number of hydrogen-bond acceptors (Lipinski definition) is 6. The number of carbonyl (C=O) groups is 4. The molecule has 0 aliphatic carbocycles. The molecular weight excluding hydrogens is 521 g/mol. The number of carboxylic acids is 1. The van der Waals surface area contributed by atoms with Crippen molar-refractivity contribution in [3.8, 4) is 0 Å². The molecule has 0 aliphatic heterocycles. The molecule has 0 unspecified atom stereocenters. The summed E-state index contributed by atoms with van der Waals surface area (Å²) in [7, 11) is 0. The van der Waals surface area contributed by atoms with Crippen LogP contribution in [0.5, 0.6) is 0 Å². The Morgan fingerprint density at radius 2 is 1.51 bits per heavy atom. The standard InChI is InChI=1S/C22H43N7O5Se/c1-12(2)11-14(23)18(30)29-17(13(3)4)20(32)27-15(8-10-35-5)19(31)28-16(21(33)34)7-6-9-26-22(24)25/h12-17H,6-11,23H2,1-5H3,(H,27,32)(H,28,31)(H,29,30)(H,33,34)(H4,24,25,26)/t14-,15-,16-,17-/m0/s1. The molecule has 0 heterocycles. The number of hydrogen-bond donors (Lipinski definition) is 7. The zero-order valence-electron chi connectivity index (χ0n) is 21.4. The number of amides is 3. The van der Waals surface area contributed by atoms with Crippen molar-refractivity contribution in [2.45, 2.75) is 88.7 Å². The van der Waals surface area contributed by atoms with Crippen molar-refractivity contribution in [1.29, 1.82) is 0 Å². The third kappa shape index (κ3) is 13.9. The van der Waals surface area contributed by atoms with Gasteiger partial charge in [-0.1, -0.05) is 0 Å². The number of nitrogens with zero attached hydrogens (tertiary/aromatic N) is 1. The van der Waals surface area contributed by atoms with Gasteiger partial charge in [0.25, 0.3) is 0 Å². The fraction of sp³-hybridized carbons (Fsp3) is 0.773. The zero-order chi connectivity index (χ0) is 27.1. The third-order valence-corrected chi connectivity index (χ3v) is 6.46. The Morgan fingerprint density at radius 3 is 2.00 bits per heavy atom. The van der Waals surface area contributed by atoms with Crippen molar-refractivity contribution in [3.63, 3.8) is 0 Å². The average molecular weight is 565 g/mol. The molecule has 0 radical (unpaired) electrons. The number of guanidine groups is 1. The number of carbonyl (C=O) groups excluding carboxylic acids is 3. The first-order chi connectivity index (χ1) is 16.3. The SMILES string of the molecule is C[Se]CC[C@H](NC(=O)[C@@H](NC(=O)[C@@H](N)CC(C)C)C(C)C)C(=O)N[C@@H](CCCN=C(N)N)C(=O)O. The minimum atomic E-state index is -1.20. The van der Waals surface area contributed by atoms with E-state index >= 15 is 0 Å². The van der Waals surface area contributed by atoms with Gasteiger partial charge in [0, 0.05) is 0 Å². The number of carboxylic acid groups (broad SMARTS) is 1. The van der Waals surface area contributed by atoms with Crippen LogP contribution in [0.15, 0.2) is 4.99 Å². The molecule has 0 fully saturated rings. The van der Waals surface area contributed by atoms with Gasteiger partial charge in [0.05, 0.1) is 0 Å². The molecule has 202 valence electrons. The third-order valence-electron chi connectivity index (χ3n) is 5.11. The minimum absolute atomic E-state index is 0.0953. The van der Waals surface area contributed by atoms with E-state index in [4.69, 9.17) is 17.2 Å². The number of aliphatic carboxylic acids is 1. The molecule has 0 rings (SSSR count). The van der Waals surface area contributed by atoms with Gasteiger partial charge in [-0.3, -0.25) is 0 Å². The van der Waals surface area contributed by atoms with Crippen molar-refractivity contribution >= 4 is 44.6 Å². The van der Waals surface area contributed by atoms with E-state index in [1.54, 1.807) is 13.8 Å². The summed E-state index contributed by atoms with van der Waals surface area (Å²) < 4.78 is 0. The summed E-state index contributed by atoms with van der Waals surface area (Å²) in [5, 5.41) is 18.1. The first-order valence-corrected chi connectivity index (χ1v) is 14.7. The fourth-order valence-corrected chi connectivity index (χ4v) is 4.20. The Balaban J connectivity index is 5.35. The van der Waals surface area contributed by atoms with Crippen molar-refractivity contribution in [2.75, 3.05) is 6.54 Å². The molecular formula is C22H43N7O5Se. The van der Waals surface area contributed by atoms with E-state index in [1.807, 2.05) is 19.7 Å². The van der Waals surface area contributed by atoms with E-state index in [1.165, 1.54) is 0 Å². The first kappa shape index (κ1) is 32.6. The molecule has 35 heavy (non-hydrogen) atoms. The van der Waals surface area contributed by atoms with Gasteiger partial charge >= 0.3 is 214 Å². The number of aliphatic imine (C=N–C) groups is 1. The van der Waals surface area contributed by atoms with Crippen LogP contribution in [0.2, 0.25) is 11.1 Å². The topological polar surface area (TPSA) is 215 Å². The van der Waals surface area contributed by atoms with Crippen LogP contribution in [0.3, 0.4) is 0 Å². The fourth-order valence-electron chi connectivity index (χ4n) is 3.21. The van der Waals surface area contributed by atoms with Crippen molar-refractivity contribution < 1.29 is 24.3 Å². The molecule has 4 atom stereocenters. The Morgan fingerprint density at radius 1 is 0.914 bits per heavy atom. The van der Waals surface area contributed by atoms with Crippen LogP contribution in [0.1, 0.15) is 53.4 Å². The molecule has 0 saturated heterocycles. The van der Waals surface area contributed by atoms with Gasteiger partial charge in [0.2, 0.25) is 0 Å². The van der Waals surface area contributed by atoms with E-state index in [0.29, 0.717) is 24.6 Å². The van der Waals surface area contributed by atoms with Gasteiger partial charge in [-0.15, -0.1) is 0 Å². The summed E-state index contributed by atoms with van der Waals surface area (Å²) in [6, 6.07) is -3.73. The normalized spacial score (nSPS) is 14.5. The van der Waals surface area contributed by atoms with E-state index in [0.717, 1.165) is 0 Å². The predicted molar refractivity (Wildman–Crippen MR) is 137 cm³/mol. The van der Waals surface area contributed by atoms with Crippen LogP contribution in [-0.4, -0.2) is 80.4 Å². The van der Waals surface area contributed by atoms with Crippen molar-refractivity contribution in [2.24, 2.45) is 34.0 Å². The number of nitrogens with one attached hydrogen (secondary N) is 3. The Bertz CT molecular complexity index is 729. The van der Waals surface area contributed by atoms with Crippen molar-refractivity contribution in [1.82, 2.24) is 16.0 Å². The van der Waals surface area contributed by atoms with E-state index in [9.17, 15) is 24.3 Å². The quantitative estimate of drug-likeness (QED) is 0.0511. The van der Waals surface area contributed by atoms with E-state index in [2.05, 4.69) is 20.9 Å². The molecule has 0 aromatic heterocycles. The maximum atomic E-state index is 13.0. The summed E-state index contributed by atoms with van der Waals surface area (Å²) in [4.78, 5) is 53.9. The maximum absolute atomic E-state index is 13.0. The molecule has 0 spiro atoms. The van der Waals surface area contributed by atoms with Crippen LogP contribution in [0, 0.1) is 11.8 Å². The Hall–Kier alpha value is -2.37. The van der Waals surface area contributed by atoms with Gasteiger partial charge in [0.1, 0.15) is 0 Å². The Labute approximate surface area is 214 Å². The van der Waals surface area contributed by atoms with Gasteiger partial charge in [-0.25, -0.2) is 0 Å². The summed E-state index contributed by atoms with van der Waals surface area (Å²) in [6.45, 7) is 7.68. The van der Waals surface area contributed by atoms with E-state index < -0.39 is 47.9 Å². The van der Waals surface area contributed by atoms with Crippen LogP contribution in [-0.2, 0) is 19.2 Å². The van der Waals surface area contributed by atoms with Gasteiger partial charge < -0.3 is 0 Å². The second kappa shape index (κ2) is 17.1. The first-order valence-electron chi connectivity index (χ1n) is 11.7. The average Bonchev–Trinajstić information content (AvgIpc) is 2.75. The molecule has 0 aliphatic rings. The molecule has 0 aromatic rings. The molecule has 13 heteroatoms. The summed E-state index contributed by atoms with van der Waals surface area (Å²) >= 11 is 0.241. The van der Waals surface area contributed by atoms with Gasteiger partial charge in [-0.05, 0) is 0 Å². The molecule has 10 N–H and O–H groups in total. The number of nitrogens with two attached hydrogens (primary N) is 3. The monoisotopic (exact) mass is 565 g/mol. The van der Waals surface area contributed by atoms with Crippen LogP contribution in [0.4, 0.5) is 0 Å². The molecule has 0 bridgehead atoms. The number of rotatable bonds is 17. The summed E-state index contributed by atoms with van der Waals surface area (Å²) in [5.74, 6) is -0.880. The molecule has 12 nitrogen and oxygen atoms in total. The van der Waals surface area contributed by atoms with Gasteiger partial charge in [0.15, 0.2) is 0 Å². The second-order valence-electron chi connectivity index (χ2n) is 9.16. The molecule has 3 amide bonds. The van der Waals surface area contributed by atoms with E-state index in [-0.39, 0.29) is 45.7 Å². The van der Waals surface area contributed by atoms with Crippen molar-refractivity contribution in [3.05, 3.63) is 0 Å². The molecule has 0 saturated carbocycles. The summed E-state index contributed by atoms with van der Waals surface area (Å²) in [5.41, 5.74) is 16.5. The van der Waals surface area contributed by atoms with Crippen LogP contribution in [0.25, 0.3) is 0 Å². The van der Waals surface area contributed by atoms with Crippen LogP contribution >= 0.6 is 0 Å².